The van der Waals surface area contributed by atoms with Gasteiger partial charge < -0.3 is 4.42 Å². The maximum atomic E-state index is 12.9. The fraction of sp³-hybridized carbons (Fsp3) is 0.125. The molecule has 0 amide bonds. The van der Waals surface area contributed by atoms with E-state index in [4.69, 9.17) is 4.42 Å². The Morgan fingerprint density at radius 2 is 1.95 bits per heavy atom. The second-order valence-corrected chi connectivity index (χ2v) is 4.83. The van der Waals surface area contributed by atoms with Crippen molar-refractivity contribution in [3.05, 3.63) is 76.0 Å². The van der Waals surface area contributed by atoms with Crippen LogP contribution in [0.25, 0.3) is 11.5 Å². The lowest BCUT2D eigenvalue weighted by molar-refractivity contribution is 0.495. The Labute approximate surface area is 120 Å². The maximum Gasteiger partial charge on any atom is 0.437 e. The third-order valence-electron chi connectivity index (χ3n) is 3.11. The first-order valence-corrected chi connectivity index (χ1v) is 6.51. The molecule has 3 rings (SSSR count). The number of benzene rings is 2. The highest BCUT2D eigenvalue weighted by Crippen LogP contribution is 2.16. The molecule has 0 saturated heterocycles. The highest BCUT2D eigenvalue weighted by Gasteiger charge is 2.10. The molecule has 0 bridgehead atoms. The molecule has 3 aromatic rings. The number of hydrogen-bond acceptors (Lipinski definition) is 3. The van der Waals surface area contributed by atoms with Gasteiger partial charge in [-0.05, 0) is 36.8 Å². The Bertz CT molecular complexity index is 819. The molecule has 106 valence electrons. The first-order chi connectivity index (χ1) is 10.1. The highest BCUT2D eigenvalue weighted by atomic mass is 19.1. The van der Waals surface area contributed by atoms with Crippen LogP contribution >= 0.6 is 0 Å². The molecule has 1 heterocycles. The van der Waals surface area contributed by atoms with Gasteiger partial charge in [-0.25, -0.2) is 9.18 Å². The van der Waals surface area contributed by atoms with Gasteiger partial charge in [0.05, 0.1) is 6.54 Å². The molecule has 0 aliphatic heterocycles. The number of aryl methyl sites for hydroxylation is 1. The van der Waals surface area contributed by atoms with Crippen molar-refractivity contribution in [2.24, 2.45) is 0 Å². The van der Waals surface area contributed by atoms with Crippen molar-refractivity contribution < 1.29 is 8.81 Å². The van der Waals surface area contributed by atoms with Gasteiger partial charge in [-0.3, -0.25) is 0 Å². The first-order valence-electron chi connectivity index (χ1n) is 6.51. The summed E-state index contributed by atoms with van der Waals surface area (Å²) in [6.45, 7) is 2.32. The Morgan fingerprint density at radius 1 is 1.19 bits per heavy atom. The molecule has 5 heteroatoms. The van der Waals surface area contributed by atoms with Gasteiger partial charge in [0.25, 0.3) is 0 Å². The van der Waals surface area contributed by atoms with Crippen LogP contribution in [0.3, 0.4) is 0 Å². The topological polar surface area (TPSA) is 48.0 Å². The van der Waals surface area contributed by atoms with E-state index in [1.807, 2.05) is 31.2 Å². The summed E-state index contributed by atoms with van der Waals surface area (Å²) in [5, 5.41) is 4.15. The molecular formula is C16H13FN2O2. The van der Waals surface area contributed by atoms with Crippen molar-refractivity contribution in [2.75, 3.05) is 0 Å². The summed E-state index contributed by atoms with van der Waals surface area (Å²) in [5.74, 6) is -0.691. The minimum atomic E-state index is -0.532. The Hall–Kier alpha value is -2.69. The average molecular weight is 284 g/mol. The van der Waals surface area contributed by atoms with Crippen LogP contribution in [0.15, 0.2) is 57.7 Å². The molecule has 0 spiro atoms. The summed E-state index contributed by atoms with van der Waals surface area (Å²) in [7, 11) is 0. The van der Waals surface area contributed by atoms with Crippen molar-refractivity contribution in [2.45, 2.75) is 13.5 Å². The lowest BCUT2D eigenvalue weighted by Crippen LogP contribution is -2.16. The fourth-order valence-corrected chi connectivity index (χ4v) is 2.10. The van der Waals surface area contributed by atoms with Crippen LogP contribution in [0, 0.1) is 12.7 Å². The zero-order valence-electron chi connectivity index (χ0n) is 11.4. The molecule has 0 saturated carbocycles. The van der Waals surface area contributed by atoms with Gasteiger partial charge in [-0.1, -0.05) is 29.8 Å². The molecule has 0 radical (unpaired) electrons. The van der Waals surface area contributed by atoms with Gasteiger partial charge >= 0.3 is 5.76 Å². The van der Waals surface area contributed by atoms with E-state index in [0.717, 1.165) is 11.1 Å². The summed E-state index contributed by atoms with van der Waals surface area (Å²) in [4.78, 5) is 11.8. The smallest absolute Gasteiger partial charge is 0.388 e. The summed E-state index contributed by atoms with van der Waals surface area (Å²) in [6.07, 6.45) is 0. The van der Waals surface area contributed by atoms with Gasteiger partial charge in [0.1, 0.15) is 5.82 Å². The number of aromatic nitrogens is 2. The molecular weight excluding hydrogens is 271 g/mol. The van der Waals surface area contributed by atoms with E-state index in [0.29, 0.717) is 12.1 Å². The van der Waals surface area contributed by atoms with E-state index in [1.165, 1.54) is 28.9 Å². The minimum Gasteiger partial charge on any atom is -0.388 e. The SMILES string of the molecule is Cc1cccc(Cn2nc(-c3ccc(F)cc3)oc2=O)c1. The summed E-state index contributed by atoms with van der Waals surface area (Å²) in [6, 6.07) is 13.5. The zero-order chi connectivity index (χ0) is 14.8. The lowest BCUT2D eigenvalue weighted by atomic mass is 10.1. The van der Waals surface area contributed by atoms with Crippen molar-refractivity contribution in [3.8, 4) is 11.5 Å². The van der Waals surface area contributed by atoms with E-state index < -0.39 is 5.76 Å². The summed E-state index contributed by atoms with van der Waals surface area (Å²) >= 11 is 0. The second-order valence-electron chi connectivity index (χ2n) is 4.83. The van der Waals surface area contributed by atoms with Gasteiger partial charge in [0, 0.05) is 5.56 Å². The normalized spacial score (nSPS) is 10.8. The minimum absolute atomic E-state index is 0.188. The van der Waals surface area contributed by atoms with Crippen molar-refractivity contribution in [1.82, 2.24) is 9.78 Å². The molecule has 21 heavy (non-hydrogen) atoms. The molecule has 0 aliphatic rings. The highest BCUT2D eigenvalue weighted by molar-refractivity contribution is 5.51. The van der Waals surface area contributed by atoms with E-state index in [-0.39, 0.29) is 11.7 Å². The standard InChI is InChI=1S/C16H13FN2O2/c1-11-3-2-4-12(9-11)10-19-16(20)21-15(18-19)13-5-7-14(17)8-6-13/h2-9H,10H2,1H3. The third kappa shape index (κ3) is 2.91. The number of rotatable bonds is 3. The fourth-order valence-electron chi connectivity index (χ4n) is 2.10. The van der Waals surface area contributed by atoms with Crippen LogP contribution in [0.5, 0.6) is 0 Å². The lowest BCUT2D eigenvalue weighted by Gasteiger charge is -2.00. The van der Waals surface area contributed by atoms with Gasteiger partial charge in [0.2, 0.25) is 5.89 Å². The Morgan fingerprint density at radius 3 is 2.67 bits per heavy atom. The molecule has 0 fully saturated rings. The molecule has 2 aromatic carbocycles. The molecule has 0 aliphatic carbocycles. The van der Waals surface area contributed by atoms with Crippen molar-refractivity contribution in [3.63, 3.8) is 0 Å². The maximum absolute atomic E-state index is 12.9. The summed E-state index contributed by atoms with van der Waals surface area (Å²) < 4.78 is 19.3. The predicted molar refractivity (Wildman–Crippen MR) is 76.4 cm³/mol. The van der Waals surface area contributed by atoms with Crippen molar-refractivity contribution >= 4 is 0 Å². The van der Waals surface area contributed by atoms with Crippen LogP contribution in [-0.2, 0) is 6.54 Å². The van der Waals surface area contributed by atoms with Crippen LogP contribution < -0.4 is 5.76 Å². The number of hydrogen-bond donors (Lipinski definition) is 0. The summed E-state index contributed by atoms with van der Waals surface area (Å²) in [5.41, 5.74) is 2.65. The third-order valence-corrected chi connectivity index (χ3v) is 3.11. The van der Waals surface area contributed by atoms with Gasteiger partial charge in [-0.2, -0.15) is 4.68 Å². The Kier molecular flexibility index (Phi) is 3.39. The largest absolute Gasteiger partial charge is 0.437 e. The average Bonchev–Trinajstić information content (AvgIpc) is 2.81. The number of nitrogens with zero attached hydrogens (tertiary/aromatic N) is 2. The molecule has 4 nitrogen and oxygen atoms in total. The van der Waals surface area contributed by atoms with E-state index in [9.17, 15) is 9.18 Å². The quantitative estimate of drug-likeness (QED) is 0.743. The van der Waals surface area contributed by atoms with E-state index in [2.05, 4.69) is 5.10 Å². The van der Waals surface area contributed by atoms with Gasteiger partial charge in [0.15, 0.2) is 0 Å². The first kappa shape index (κ1) is 13.3. The Balaban J connectivity index is 1.91. The van der Waals surface area contributed by atoms with Crippen LogP contribution in [0.2, 0.25) is 0 Å². The predicted octanol–water partition coefficient (Wildman–Crippen LogP) is 3.00. The van der Waals surface area contributed by atoms with Crippen molar-refractivity contribution in [1.29, 1.82) is 0 Å². The molecule has 0 N–H and O–H groups in total. The number of halogens is 1. The molecule has 0 unspecified atom stereocenters. The van der Waals surface area contributed by atoms with E-state index >= 15 is 0 Å². The zero-order valence-corrected chi connectivity index (χ0v) is 11.4. The van der Waals surface area contributed by atoms with Crippen LogP contribution in [-0.4, -0.2) is 9.78 Å². The van der Waals surface area contributed by atoms with Gasteiger partial charge in [-0.15, -0.1) is 5.10 Å². The molecule has 0 atom stereocenters. The van der Waals surface area contributed by atoms with Crippen LogP contribution in [0.4, 0.5) is 4.39 Å². The second kappa shape index (κ2) is 5.36. The van der Waals surface area contributed by atoms with Crippen LogP contribution in [0.1, 0.15) is 11.1 Å². The molecule has 1 aromatic heterocycles. The van der Waals surface area contributed by atoms with E-state index in [1.54, 1.807) is 0 Å². The monoisotopic (exact) mass is 284 g/mol.